The maximum Gasteiger partial charge on any atom is 0.124 e. The number of nitrogens with two attached hydrogens (primary N) is 1. The van der Waals surface area contributed by atoms with Gasteiger partial charge in [-0.1, -0.05) is 18.2 Å². The average molecular weight is 319 g/mol. The lowest BCUT2D eigenvalue weighted by atomic mass is 10.2. The molecule has 18 heavy (non-hydrogen) atoms. The molecular formula is C14H11BrN2S. The van der Waals surface area contributed by atoms with Crippen molar-refractivity contribution in [2.45, 2.75) is 6.92 Å². The van der Waals surface area contributed by atoms with Crippen LogP contribution in [0.3, 0.4) is 0 Å². The molecule has 3 rings (SSSR count). The summed E-state index contributed by atoms with van der Waals surface area (Å²) >= 11 is 5.10. The van der Waals surface area contributed by atoms with Crippen molar-refractivity contribution in [1.29, 1.82) is 0 Å². The smallest absolute Gasteiger partial charge is 0.124 e. The fourth-order valence-corrected chi connectivity index (χ4v) is 3.17. The van der Waals surface area contributed by atoms with E-state index >= 15 is 0 Å². The predicted octanol–water partition coefficient (Wildman–Crippen LogP) is 4.62. The summed E-state index contributed by atoms with van der Waals surface area (Å²) in [6.45, 7) is 2.09. The minimum absolute atomic E-state index is 0.739. The van der Waals surface area contributed by atoms with Gasteiger partial charge in [-0.2, -0.15) is 0 Å². The fraction of sp³-hybridized carbons (Fsp3) is 0.0714. The largest absolute Gasteiger partial charge is 0.398 e. The molecule has 2 aromatic carbocycles. The summed E-state index contributed by atoms with van der Waals surface area (Å²) in [7, 11) is 0. The van der Waals surface area contributed by atoms with E-state index in [0.29, 0.717) is 0 Å². The van der Waals surface area contributed by atoms with Crippen LogP contribution < -0.4 is 5.73 Å². The van der Waals surface area contributed by atoms with Crippen LogP contribution in [-0.2, 0) is 0 Å². The number of rotatable bonds is 1. The van der Waals surface area contributed by atoms with Crippen LogP contribution in [0.15, 0.2) is 40.9 Å². The summed E-state index contributed by atoms with van der Waals surface area (Å²) in [5.41, 5.74) is 10.0. The van der Waals surface area contributed by atoms with Crippen molar-refractivity contribution in [3.63, 3.8) is 0 Å². The van der Waals surface area contributed by atoms with E-state index in [9.17, 15) is 0 Å². The molecule has 0 aliphatic carbocycles. The van der Waals surface area contributed by atoms with E-state index in [2.05, 4.69) is 41.1 Å². The van der Waals surface area contributed by atoms with Crippen molar-refractivity contribution in [2.24, 2.45) is 0 Å². The Morgan fingerprint density at radius 2 is 2.06 bits per heavy atom. The van der Waals surface area contributed by atoms with Gasteiger partial charge in [-0.25, -0.2) is 4.98 Å². The Morgan fingerprint density at radius 1 is 1.22 bits per heavy atom. The Bertz CT molecular complexity index is 734. The Labute approximate surface area is 118 Å². The van der Waals surface area contributed by atoms with Gasteiger partial charge in [-0.05, 0) is 46.6 Å². The normalized spacial score (nSPS) is 11.0. The zero-order valence-corrected chi connectivity index (χ0v) is 12.2. The number of hydrogen-bond donors (Lipinski definition) is 1. The minimum atomic E-state index is 0.739. The molecule has 0 radical (unpaired) electrons. The van der Waals surface area contributed by atoms with Crippen molar-refractivity contribution in [3.8, 4) is 10.6 Å². The van der Waals surface area contributed by atoms with Crippen molar-refractivity contribution in [2.75, 3.05) is 5.73 Å². The van der Waals surface area contributed by atoms with E-state index in [1.54, 1.807) is 11.3 Å². The second-order valence-corrected chi connectivity index (χ2v) is 6.06. The maximum absolute atomic E-state index is 5.91. The van der Waals surface area contributed by atoms with E-state index in [4.69, 9.17) is 10.7 Å². The number of aryl methyl sites for hydroxylation is 1. The molecule has 2 N–H and O–H groups in total. The highest BCUT2D eigenvalue weighted by Gasteiger charge is 2.08. The number of hydrogen-bond acceptors (Lipinski definition) is 3. The standard InChI is InChI=1S/C14H11BrN2S/c1-8-3-2-4-12-13(8)17-14(18-12)9-5-6-10(15)11(16)7-9/h2-7H,16H2,1H3. The van der Waals surface area contributed by atoms with Crippen molar-refractivity contribution in [1.82, 2.24) is 4.98 Å². The Hall–Kier alpha value is -1.39. The summed E-state index contributed by atoms with van der Waals surface area (Å²) in [6.07, 6.45) is 0. The topological polar surface area (TPSA) is 38.9 Å². The van der Waals surface area contributed by atoms with Gasteiger partial charge in [0, 0.05) is 15.7 Å². The summed E-state index contributed by atoms with van der Waals surface area (Å²) < 4.78 is 2.13. The predicted molar refractivity (Wildman–Crippen MR) is 81.9 cm³/mol. The average Bonchev–Trinajstić information content (AvgIpc) is 2.78. The van der Waals surface area contributed by atoms with Crippen LogP contribution in [0.1, 0.15) is 5.56 Å². The number of fused-ring (bicyclic) bond motifs is 1. The highest BCUT2D eigenvalue weighted by atomic mass is 79.9. The maximum atomic E-state index is 5.91. The van der Waals surface area contributed by atoms with Gasteiger partial charge >= 0.3 is 0 Å². The number of nitrogens with zero attached hydrogens (tertiary/aromatic N) is 1. The summed E-state index contributed by atoms with van der Waals surface area (Å²) in [6, 6.07) is 12.2. The summed E-state index contributed by atoms with van der Waals surface area (Å²) in [4.78, 5) is 4.70. The molecule has 0 saturated heterocycles. The number of benzene rings is 2. The molecule has 0 bridgehead atoms. The number of thiazole rings is 1. The fourth-order valence-electron chi connectivity index (χ4n) is 1.89. The Morgan fingerprint density at radius 3 is 2.78 bits per heavy atom. The number of anilines is 1. The molecular weight excluding hydrogens is 308 g/mol. The van der Waals surface area contributed by atoms with Gasteiger partial charge in [-0.15, -0.1) is 11.3 Å². The summed E-state index contributed by atoms with van der Waals surface area (Å²) in [5.74, 6) is 0. The number of aromatic nitrogens is 1. The number of halogens is 1. The van der Waals surface area contributed by atoms with Gasteiger partial charge in [-0.3, -0.25) is 0 Å². The molecule has 1 heterocycles. The second-order valence-electron chi connectivity index (χ2n) is 4.18. The highest BCUT2D eigenvalue weighted by Crippen LogP contribution is 2.33. The lowest BCUT2D eigenvalue weighted by molar-refractivity contribution is 1.42. The van der Waals surface area contributed by atoms with Gasteiger partial charge < -0.3 is 5.73 Å². The Kier molecular flexibility index (Phi) is 2.84. The zero-order valence-electron chi connectivity index (χ0n) is 9.77. The highest BCUT2D eigenvalue weighted by molar-refractivity contribution is 9.10. The molecule has 2 nitrogen and oxygen atoms in total. The lowest BCUT2D eigenvalue weighted by Crippen LogP contribution is -1.87. The molecule has 0 amide bonds. The van der Waals surface area contributed by atoms with E-state index in [0.717, 1.165) is 26.2 Å². The Balaban J connectivity index is 2.19. The molecule has 0 spiro atoms. The number of para-hydroxylation sites is 1. The van der Waals surface area contributed by atoms with E-state index in [1.807, 2.05) is 18.2 Å². The van der Waals surface area contributed by atoms with Crippen LogP contribution in [0.4, 0.5) is 5.69 Å². The molecule has 0 fully saturated rings. The van der Waals surface area contributed by atoms with E-state index in [1.165, 1.54) is 10.3 Å². The molecule has 0 atom stereocenters. The van der Waals surface area contributed by atoms with Crippen LogP contribution in [0.25, 0.3) is 20.8 Å². The molecule has 0 unspecified atom stereocenters. The quantitative estimate of drug-likeness (QED) is 0.665. The molecule has 0 aliphatic rings. The van der Waals surface area contributed by atoms with E-state index < -0.39 is 0 Å². The molecule has 0 aliphatic heterocycles. The van der Waals surface area contributed by atoms with Crippen LogP contribution in [-0.4, -0.2) is 4.98 Å². The monoisotopic (exact) mass is 318 g/mol. The molecule has 3 aromatic rings. The van der Waals surface area contributed by atoms with E-state index in [-0.39, 0.29) is 0 Å². The van der Waals surface area contributed by atoms with Gasteiger partial charge in [0.25, 0.3) is 0 Å². The first kappa shape index (κ1) is 11.7. The SMILES string of the molecule is Cc1cccc2sc(-c3ccc(Br)c(N)c3)nc12. The molecule has 90 valence electrons. The van der Waals surface area contributed by atoms with Crippen LogP contribution in [0.2, 0.25) is 0 Å². The van der Waals surface area contributed by atoms with Gasteiger partial charge in [0.2, 0.25) is 0 Å². The third kappa shape index (κ3) is 1.91. The van der Waals surface area contributed by atoms with Gasteiger partial charge in [0.05, 0.1) is 10.2 Å². The first-order valence-corrected chi connectivity index (χ1v) is 7.17. The number of nitrogen functional groups attached to an aromatic ring is 1. The first-order chi connectivity index (χ1) is 8.65. The lowest BCUT2D eigenvalue weighted by Gasteiger charge is -2.00. The van der Waals surface area contributed by atoms with Crippen LogP contribution in [0.5, 0.6) is 0 Å². The van der Waals surface area contributed by atoms with Crippen molar-refractivity contribution in [3.05, 3.63) is 46.4 Å². The third-order valence-electron chi connectivity index (χ3n) is 2.86. The van der Waals surface area contributed by atoms with Crippen LogP contribution in [0, 0.1) is 6.92 Å². The van der Waals surface area contributed by atoms with Gasteiger partial charge in [0.15, 0.2) is 0 Å². The first-order valence-electron chi connectivity index (χ1n) is 5.57. The molecule has 4 heteroatoms. The zero-order chi connectivity index (χ0) is 12.7. The molecule has 0 saturated carbocycles. The van der Waals surface area contributed by atoms with Crippen LogP contribution >= 0.6 is 27.3 Å². The second kappa shape index (κ2) is 4.37. The third-order valence-corrected chi connectivity index (χ3v) is 4.66. The molecule has 1 aromatic heterocycles. The summed E-state index contributed by atoms with van der Waals surface area (Å²) in [5, 5.41) is 1.01. The van der Waals surface area contributed by atoms with Gasteiger partial charge in [0.1, 0.15) is 5.01 Å². The van der Waals surface area contributed by atoms with Crippen molar-refractivity contribution < 1.29 is 0 Å². The van der Waals surface area contributed by atoms with Crippen molar-refractivity contribution >= 4 is 43.2 Å². The minimum Gasteiger partial charge on any atom is -0.398 e.